The van der Waals surface area contributed by atoms with E-state index in [0.717, 1.165) is 11.4 Å². The number of allylic oxidation sites excluding steroid dienone is 1. The summed E-state index contributed by atoms with van der Waals surface area (Å²) in [7, 11) is 0. The lowest BCUT2D eigenvalue weighted by atomic mass is 9.86. The molecule has 0 saturated carbocycles. The quantitative estimate of drug-likeness (QED) is 0.258. The number of nitrogens with one attached hydrogen (secondary N) is 1. The molecular formula is C32H22Cl2N2. The average Bonchev–Trinajstić information content (AvgIpc) is 3.58. The van der Waals surface area contributed by atoms with Crippen LogP contribution in [0.4, 0.5) is 5.69 Å². The van der Waals surface area contributed by atoms with Crippen LogP contribution in [-0.2, 0) is 0 Å². The van der Waals surface area contributed by atoms with Gasteiger partial charge in [-0.1, -0.05) is 96.0 Å². The largest absolute Gasteiger partial charge is 0.358 e. The lowest BCUT2D eigenvalue weighted by molar-refractivity contribution is 0.664. The molecule has 0 amide bonds. The number of aromatic nitrogens is 1. The smallest absolute Gasteiger partial charge is 0.0818 e. The summed E-state index contributed by atoms with van der Waals surface area (Å²) in [5, 5.41) is 6.02. The Hall–Kier alpha value is -3.72. The van der Waals surface area contributed by atoms with Crippen molar-refractivity contribution in [3.63, 3.8) is 0 Å². The Morgan fingerprint density at radius 1 is 0.667 bits per heavy atom. The molecule has 1 aromatic heterocycles. The van der Waals surface area contributed by atoms with Crippen molar-refractivity contribution in [2.75, 3.05) is 5.32 Å². The molecule has 36 heavy (non-hydrogen) atoms. The predicted molar refractivity (Wildman–Crippen MR) is 152 cm³/mol. The number of rotatable bonds is 4. The van der Waals surface area contributed by atoms with Crippen LogP contribution in [0.2, 0.25) is 10.0 Å². The molecule has 4 aromatic carbocycles. The Balaban J connectivity index is 1.39. The zero-order valence-electron chi connectivity index (χ0n) is 19.3. The number of hydrogen-bond donors (Lipinski definition) is 1. The molecule has 2 aliphatic rings. The molecular weight excluding hydrogens is 483 g/mol. The Morgan fingerprint density at radius 2 is 1.39 bits per heavy atom. The summed E-state index contributed by atoms with van der Waals surface area (Å²) < 4.78 is 2.42. The summed E-state index contributed by atoms with van der Waals surface area (Å²) in [6.45, 7) is 0. The van der Waals surface area contributed by atoms with E-state index in [2.05, 4.69) is 107 Å². The molecule has 2 unspecified atom stereocenters. The van der Waals surface area contributed by atoms with E-state index in [1.807, 2.05) is 18.2 Å². The van der Waals surface area contributed by atoms with Gasteiger partial charge in [-0.2, -0.15) is 0 Å². The average molecular weight is 505 g/mol. The van der Waals surface area contributed by atoms with Gasteiger partial charge in [0, 0.05) is 29.0 Å². The first-order valence-corrected chi connectivity index (χ1v) is 12.8. The van der Waals surface area contributed by atoms with Gasteiger partial charge in [-0.05, 0) is 69.6 Å². The summed E-state index contributed by atoms with van der Waals surface area (Å²) >= 11 is 12.5. The third-order valence-corrected chi connectivity index (χ3v) is 8.05. The Bertz CT molecular complexity index is 1710. The maximum atomic E-state index is 6.35. The van der Waals surface area contributed by atoms with Crippen molar-refractivity contribution >= 4 is 51.9 Å². The van der Waals surface area contributed by atoms with E-state index in [1.165, 1.54) is 38.7 Å². The maximum Gasteiger partial charge on any atom is 0.0818 e. The van der Waals surface area contributed by atoms with Crippen LogP contribution in [0, 0.1) is 0 Å². The van der Waals surface area contributed by atoms with E-state index in [-0.39, 0.29) is 12.0 Å². The fraction of sp³-hybridized carbons (Fsp3) is 0.0625. The molecule has 0 saturated heterocycles. The van der Waals surface area contributed by atoms with Crippen LogP contribution >= 0.6 is 23.2 Å². The molecule has 2 aliphatic carbocycles. The first kappa shape index (κ1) is 21.6. The highest BCUT2D eigenvalue weighted by Crippen LogP contribution is 2.51. The molecule has 0 radical (unpaired) electrons. The van der Waals surface area contributed by atoms with E-state index >= 15 is 0 Å². The normalized spacial score (nSPS) is 18.1. The number of fused-ring (bicyclic) bond motifs is 3. The van der Waals surface area contributed by atoms with Crippen LogP contribution in [0.25, 0.3) is 23.1 Å². The summed E-state index contributed by atoms with van der Waals surface area (Å²) in [6.07, 6.45) is 6.87. The van der Waals surface area contributed by atoms with Gasteiger partial charge in [-0.3, -0.25) is 0 Å². The van der Waals surface area contributed by atoms with Crippen LogP contribution in [0.1, 0.15) is 34.2 Å². The molecule has 1 heterocycles. The number of hydrogen-bond acceptors (Lipinski definition) is 1. The lowest BCUT2D eigenvalue weighted by Crippen LogP contribution is -2.17. The van der Waals surface area contributed by atoms with Gasteiger partial charge < -0.3 is 9.88 Å². The molecule has 0 bridgehead atoms. The summed E-state index contributed by atoms with van der Waals surface area (Å²) in [6, 6.07) is 34.0. The van der Waals surface area contributed by atoms with Crippen LogP contribution in [-0.4, -0.2) is 4.57 Å². The molecule has 0 aliphatic heterocycles. The molecule has 0 fully saturated rings. The predicted octanol–water partition coefficient (Wildman–Crippen LogP) is 9.18. The van der Waals surface area contributed by atoms with Crippen molar-refractivity contribution in [3.8, 4) is 0 Å². The SMILES string of the molecule is Clc1ccc(NC2=Cc3ccccc3C2C2=Cc3ccccc3C2n2ccc3ccccc32)cc1Cl. The second-order valence-corrected chi connectivity index (χ2v) is 10.2. The number of para-hydroxylation sites is 1. The topological polar surface area (TPSA) is 17.0 Å². The summed E-state index contributed by atoms with van der Waals surface area (Å²) in [4.78, 5) is 0. The van der Waals surface area contributed by atoms with Gasteiger partial charge in [0.15, 0.2) is 0 Å². The molecule has 4 heteroatoms. The van der Waals surface area contributed by atoms with Gasteiger partial charge >= 0.3 is 0 Å². The maximum absolute atomic E-state index is 6.35. The van der Waals surface area contributed by atoms with Crippen LogP contribution in [0.5, 0.6) is 0 Å². The van der Waals surface area contributed by atoms with E-state index in [9.17, 15) is 0 Å². The van der Waals surface area contributed by atoms with Crippen LogP contribution in [0.15, 0.2) is 115 Å². The van der Waals surface area contributed by atoms with Gasteiger partial charge in [0.05, 0.1) is 16.1 Å². The first-order chi connectivity index (χ1) is 17.7. The zero-order valence-corrected chi connectivity index (χ0v) is 20.8. The van der Waals surface area contributed by atoms with Crippen molar-refractivity contribution < 1.29 is 0 Å². The second-order valence-electron chi connectivity index (χ2n) is 9.37. The molecule has 2 atom stereocenters. The Kier molecular flexibility index (Phi) is 5.06. The van der Waals surface area contributed by atoms with Crippen molar-refractivity contribution in [1.82, 2.24) is 4.57 Å². The third kappa shape index (κ3) is 3.41. The van der Waals surface area contributed by atoms with Gasteiger partial charge in [0.25, 0.3) is 0 Å². The van der Waals surface area contributed by atoms with Crippen molar-refractivity contribution in [2.45, 2.75) is 12.0 Å². The Labute approximate surface area is 220 Å². The zero-order chi connectivity index (χ0) is 24.2. The van der Waals surface area contributed by atoms with E-state index in [4.69, 9.17) is 23.2 Å². The van der Waals surface area contributed by atoms with Crippen LogP contribution < -0.4 is 5.32 Å². The first-order valence-electron chi connectivity index (χ1n) is 12.1. The lowest BCUT2D eigenvalue weighted by Gasteiger charge is -2.27. The number of benzene rings is 4. The minimum absolute atomic E-state index is 0.0780. The highest BCUT2D eigenvalue weighted by molar-refractivity contribution is 6.42. The number of halogens is 2. The van der Waals surface area contributed by atoms with E-state index < -0.39 is 0 Å². The van der Waals surface area contributed by atoms with Gasteiger partial charge in [0.1, 0.15) is 0 Å². The Morgan fingerprint density at radius 3 is 2.22 bits per heavy atom. The fourth-order valence-electron chi connectivity index (χ4n) is 5.74. The standard InChI is InChI=1S/C32H22Cl2N2/c33-27-14-13-23(19-28(27)34)35-29-18-22-9-1-4-10-24(22)31(29)26-17-21-8-2-5-11-25(21)32(26)36-16-15-20-7-3-6-12-30(20)36/h1-19,31-32,35H. The highest BCUT2D eigenvalue weighted by atomic mass is 35.5. The van der Waals surface area contributed by atoms with Crippen molar-refractivity contribution in [3.05, 3.63) is 147 Å². The van der Waals surface area contributed by atoms with Gasteiger partial charge in [0.2, 0.25) is 0 Å². The van der Waals surface area contributed by atoms with Crippen LogP contribution in [0.3, 0.4) is 0 Å². The van der Waals surface area contributed by atoms with Crippen molar-refractivity contribution in [1.29, 1.82) is 0 Å². The molecule has 2 nitrogen and oxygen atoms in total. The molecule has 5 aromatic rings. The number of anilines is 1. The molecule has 7 rings (SSSR count). The van der Waals surface area contributed by atoms with E-state index in [0.29, 0.717) is 10.0 Å². The summed E-state index contributed by atoms with van der Waals surface area (Å²) in [5.74, 6) is 0.0780. The third-order valence-electron chi connectivity index (χ3n) is 7.31. The second kappa shape index (κ2) is 8.44. The molecule has 1 N–H and O–H groups in total. The van der Waals surface area contributed by atoms with Gasteiger partial charge in [-0.15, -0.1) is 0 Å². The molecule has 174 valence electrons. The van der Waals surface area contributed by atoms with Gasteiger partial charge in [-0.25, -0.2) is 0 Å². The highest BCUT2D eigenvalue weighted by Gasteiger charge is 2.37. The monoisotopic (exact) mass is 504 g/mol. The molecule has 0 spiro atoms. The fourth-order valence-corrected chi connectivity index (χ4v) is 6.04. The van der Waals surface area contributed by atoms with Crippen molar-refractivity contribution in [2.24, 2.45) is 0 Å². The number of nitrogens with zero attached hydrogens (tertiary/aromatic N) is 1. The minimum Gasteiger partial charge on any atom is -0.358 e. The summed E-state index contributed by atoms with van der Waals surface area (Å²) in [5.41, 5.74) is 9.78. The minimum atomic E-state index is 0.0780. The van der Waals surface area contributed by atoms with E-state index in [1.54, 1.807) is 0 Å².